The molecule has 0 aliphatic heterocycles. The van der Waals surface area contributed by atoms with Gasteiger partial charge in [-0.15, -0.1) is 0 Å². The third-order valence-electron chi connectivity index (χ3n) is 4.41. The monoisotopic (exact) mass is 284 g/mol. The maximum Gasteiger partial charge on any atom is 0.146 e. The van der Waals surface area contributed by atoms with Crippen LogP contribution in [-0.2, 0) is 0 Å². The first-order chi connectivity index (χ1) is 9.94. The molecule has 21 heavy (non-hydrogen) atoms. The van der Waals surface area contributed by atoms with Gasteiger partial charge in [-0.05, 0) is 54.9 Å². The summed E-state index contributed by atoms with van der Waals surface area (Å²) in [4.78, 5) is 4.46. The van der Waals surface area contributed by atoms with E-state index in [0.717, 1.165) is 35.2 Å². The molecule has 1 aromatic carbocycles. The Morgan fingerprint density at radius 3 is 2.81 bits per heavy atom. The second-order valence-electron chi connectivity index (χ2n) is 7.21. The van der Waals surface area contributed by atoms with Gasteiger partial charge in [0.1, 0.15) is 11.3 Å². The summed E-state index contributed by atoms with van der Waals surface area (Å²) in [7, 11) is 0. The number of hydrogen-bond donors (Lipinski definition) is 1. The Labute approximate surface area is 126 Å². The predicted molar refractivity (Wildman–Crippen MR) is 87.4 cm³/mol. The number of ether oxygens (including phenoxy) is 1. The summed E-state index contributed by atoms with van der Waals surface area (Å²) in [6.07, 6.45) is 5.53. The van der Waals surface area contributed by atoms with Crippen molar-refractivity contribution in [2.75, 3.05) is 5.73 Å². The van der Waals surface area contributed by atoms with Gasteiger partial charge in [0, 0.05) is 17.3 Å². The van der Waals surface area contributed by atoms with Gasteiger partial charge >= 0.3 is 0 Å². The fourth-order valence-electron chi connectivity index (χ4n) is 3.79. The smallest absolute Gasteiger partial charge is 0.146 e. The summed E-state index contributed by atoms with van der Waals surface area (Å²) < 4.78 is 6.31. The average Bonchev–Trinajstić information content (AvgIpc) is 2.40. The van der Waals surface area contributed by atoms with Gasteiger partial charge in [0.15, 0.2) is 0 Å². The van der Waals surface area contributed by atoms with Gasteiger partial charge in [-0.3, -0.25) is 4.98 Å². The molecule has 1 saturated carbocycles. The van der Waals surface area contributed by atoms with Crippen LogP contribution in [0, 0.1) is 11.3 Å². The van der Waals surface area contributed by atoms with E-state index in [1.54, 1.807) is 6.20 Å². The lowest BCUT2D eigenvalue weighted by molar-refractivity contribution is 0.0571. The first kappa shape index (κ1) is 14.2. The number of fused-ring (bicyclic) bond motifs is 1. The van der Waals surface area contributed by atoms with E-state index in [9.17, 15) is 0 Å². The van der Waals surface area contributed by atoms with Gasteiger partial charge in [0.05, 0.1) is 6.10 Å². The summed E-state index contributed by atoms with van der Waals surface area (Å²) in [5.74, 6) is 1.56. The molecule has 1 aliphatic rings. The van der Waals surface area contributed by atoms with Crippen LogP contribution in [0.5, 0.6) is 5.75 Å². The molecule has 0 saturated heterocycles. The highest BCUT2D eigenvalue weighted by Gasteiger charge is 2.33. The minimum absolute atomic E-state index is 0.262. The van der Waals surface area contributed by atoms with E-state index in [1.807, 2.05) is 24.3 Å². The van der Waals surface area contributed by atoms with Crippen LogP contribution >= 0.6 is 0 Å². The van der Waals surface area contributed by atoms with Crippen molar-refractivity contribution in [1.29, 1.82) is 0 Å². The number of nitrogens with zero attached hydrogens (tertiary/aromatic N) is 1. The number of aromatic nitrogens is 1. The Morgan fingerprint density at radius 1 is 1.24 bits per heavy atom. The van der Waals surface area contributed by atoms with Crippen LogP contribution in [0.15, 0.2) is 30.5 Å². The minimum atomic E-state index is 0.262. The number of rotatable bonds is 2. The molecule has 0 bridgehead atoms. The molecule has 3 nitrogen and oxygen atoms in total. The van der Waals surface area contributed by atoms with E-state index in [2.05, 4.69) is 25.8 Å². The maximum atomic E-state index is 6.31. The standard InChI is InChI=1S/C18H24N2O/c1-12-9-13(11-18(2,3)10-12)21-16-7-6-15(19)14-5-4-8-20-17(14)16/h4-8,12-13H,9-11,19H2,1-3H3. The number of nitrogen functional groups attached to an aromatic ring is 1. The lowest BCUT2D eigenvalue weighted by atomic mass is 9.71. The normalized spacial score (nSPS) is 24.9. The van der Waals surface area contributed by atoms with Crippen LogP contribution in [0.25, 0.3) is 10.9 Å². The summed E-state index contributed by atoms with van der Waals surface area (Å²) in [5.41, 5.74) is 8.00. The predicted octanol–water partition coefficient (Wildman–Crippen LogP) is 4.41. The van der Waals surface area contributed by atoms with E-state index < -0.39 is 0 Å². The highest BCUT2D eigenvalue weighted by molar-refractivity contribution is 5.94. The van der Waals surface area contributed by atoms with Crippen molar-refractivity contribution in [2.24, 2.45) is 11.3 Å². The van der Waals surface area contributed by atoms with Gasteiger partial charge in [0.2, 0.25) is 0 Å². The van der Waals surface area contributed by atoms with Crippen molar-refractivity contribution < 1.29 is 4.74 Å². The second kappa shape index (κ2) is 5.21. The Kier molecular flexibility index (Phi) is 3.52. The van der Waals surface area contributed by atoms with E-state index in [0.29, 0.717) is 11.3 Å². The number of nitrogens with two attached hydrogens (primary N) is 1. The molecule has 1 aromatic heterocycles. The van der Waals surface area contributed by atoms with Crippen LogP contribution in [-0.4, -0.2) is 11.1 Å². The van der Waals surface area contributed by atoms with E-state index in [1.165, 1.54) is 6.42 Å². The van der Waals surface area contributed by atoms with Crippen molar-refractivity contribution in [3.8, 4) is 5.75 Å². The Hall–Kier alpha value is -1.77. The summed E-state index contributed by atoms with van der Waals surface area (Å²) >= 11 is 0. The first-order valence-corrected chi connectivity index (χ1v) is 7.74. The maximum absolute atomic E-state index is 6.31. The first-order valence-electron chi connectivity index (χ1n) is 7.74. The summed E-state index contributed by atoms with van der Waals surface area (Å²) in [6, 6.07) is 7.78. The number of anilines is 1. The fraction of sp³-hybridized carbons (Fsp3) is 0.500. The van der Waals surface area contributed by atoms with Crippen molar-refractivity contribution in [1.82, 2.24) is 4.98 Å². The second-order valence-corrected chi connectivity index (χ2v) is 7.21. The Balaban J connectivity index is 1.90. The topological polar surface area (TPSA) is 48.1 Å². The Bertz CT molecular complexity index is 651. The lowest BCUT2D eigenvalue weighted by Gasteiger charge is -2.38. The van der Waals surface area contributed by atoms with Crippen molar-refractivity contribution >= 4 is 16.6 Å². The fourth-order valence-corrected chi connectivity index (χ4v) is 3.79. The summed E-state index contributed by atoms with van der Waals surface area (Å²) in [6.45, 7) is 6.98. The molecule has 3 heteroatoms. The van der Waals surface area contributed by atoms with E-state index in [4.69, 9.17) is 10.5 Å². The molecular formula is C18H24N2O. The van der Waals surface area contributed by atoms with Crippen LogP contribution in [0.4, 0.5) is 5.69 Å². The zero-order chi connectivity index (χ0) is 15.0. The van der Waals surface area contributed by atoms with Crippen LogP contribution < -0.4 is 10.5 Å². The highest BCUT2D eigenvalue weighted by atomic mass is 16.5. The van der Waals surface area contributed by atoms with Crippen molar-refractivity contribution in [3.63, 3.8) is 0 Å². The number of pyridine rings is 1. The quantitative estimate of drug-likeness (QED) is 0.831. The van der Waals surface area contributed by atoms with Gasteiger partial charge in [-0.25, -0.2) is 0 Å². The molecule has 0 radical (unpaired) electrons. The van der Waals surface area contributed by atoms with Crippen LogP contribution in [0.3, 0.4) is 0 Å². The molecular weight excluding hydrogens is 260 g/mol. The van der Waals surface area contributed by atoms with Gasteiger partial charge in [0.25, 0.3) is 0 Å². The average molecular weight is 284 g/mol. The molecule has 0 spiro atoms. The minimum Gasteiger partial charge on any atom is -0.488 e. The molecule has 0 amide bonds. The third kappa shape index (κ3) is 2.97. The molecule has 2 N–H and O–H groups in total. The molecule has 2 aromatic rings. The lowest BCUT2D eigenvalue weighted by Crippen LogP contribution is -2.34. The van der Waals surface area contributed by atoms with Crippen molar-refractivity contribution in [2.45, 2.75) is 46.1 Å². The van der Waals surface area contributed by atoms with E-state index >= 15 is 0 Å². The van der Waals surface area contributed by atoms with Gasteiger partial charge in [-0.1, -0.05) is 20.8 Å². The summed E-state index contributed by atoms with van der Waals surface area (Å²) in [5, 5.41) is 0.970. The number of benzene rings is 1. The van der Waals surface area contributed by atoms with Gasteiger partial charge in [-0.2, -0.15) is 0 Å². The molecule has 3 rings (SSSR count). The van der Waals surface area contributed by atoms with Crippen molar-refractivity contribution in [3.05, 3.63) is 30.5 Å². The molecule has 2 unspecified atom stereocenters. The van der Waals surface area contributed by atoms with E-state index in [-0.39, 0.29) is 6.10 Å². The van der Waals surface area contributed by atoms with Gasteiger partial charge < -0.3 is 10.5 Å². The van der Waals surface area contributed by atoms with Crippen LogP contribution in [0.1, 0.15) is 40.0 Å². The molecule has 2 atom stereocenters. The number of hydrogen-bond acceptors (Lipinski definition) is 3. The molecule has 1 fully saturated rings. The highest BCUT2D eigenvalue weighted by Crippen LogP contribution is 2.40. The Morgan fingerprint density at radius 2 is 2.05 bits per heavy atom. The molecule has 1 heterocycles. The zero-order valence-corrected chi connectivity index (χ0v) is 13.1. The SMILES string of the molecule is CC1CC(Oc2ccc(N)c3cccnc23)CC(C)(C)C1. The molecule has 1 aliphatic carbocycles. The third-order valence-corrected chi connectivity index (χ3v) is 4.41. The zero-order valence-electron chi connectivity index (χ0n) is 13.1. The molecule has 112 valence electrons. The van der Waals surface area contributed by atoms with Crippen LogP contribution in [0.2, 0.25) is 0 Å². The largest absolute Gasteiger partial charge is 0.488 e.